The molecule has 0 aliphatic carbocycles. The van der Waals surface area contributed by atoms with Gasteiger partial charge in [0.25, 0.3) is 5.88 Å². The number of piperidine rings is 1. The lowest BCUT2D eigenvalue weighted by atomic mass is 10.1. The van der Waals surface area contributed by atoms with Crippen LogP contribution in [0.5, 0.6) is 5.88 Å². The highest BCUT2D eigenvalue weighted by molar-refractivity contribution is 5.48. The van der Waals surface area contributed by atoms with E-state index in [0.29, 0.717) is 11.9 Å². The number of hydrogen-bond donors (Lipinski definition) is 1. The number of anilines is 2. The lowest BCUT2D eigenvalue weighted by Crippen LogP contribution is -2.40. The van der Waals surface area contributed by atoms with Crippen molar-refractivity contribution in [2.75, 3.05) is 23.3 Å². The number of nitrogens with one attached hydrogen (secondary N) is 1. The smallest absolute Gasteiger partial charge is 0.257 e. The van der Waals surface area contributed by atoms with E-state index in [0.717, 1.165) is 37.6 Å². The molecule has 1 fully saturated rings. The van der Waals surface area contributed by atoms with Crippen LogP contribution < -0.4 is 15.0 Å². The summed E-state index contributed by atoms with van der Waals surface area (Å²) in [5.74, 6) is 2.27. The summed E-state index contributed by atoms with van der Waals surface area (Å²) < 4.78 is 5.77. The molecule has 3 rings (SSSR count). The third-order valence-electron chi connectivity index (χ3n) is 3.71. The van der Waals surface area contributed by atoms with Gasteiger partial charge in [-0.15, -0.1) is 5.10 Å². The van der Waals surface area contributed by atoms with Crippen LogP contribution in [-0.4, -0.2) is 45.4 Å². The molecule has 122 valence electrons. The minimum atomic E-state index is 0.0845. The summed E-state index contributed by atoms with van der Waals surface area (Å²) in [7, 11) is 0. The van der Waals surface area contributed by atoms with E-state index in [1.54, 1.807) is 18.6 Å². The molecule has 0 unspecified atom stereocenters. The van der Waals surface area contributed by atoms with Crippen molar-refractivity contribution in [1.82, 2.24) is 20.2 Å². The second-order valence-corrected chi connectivity index (χ2v) is 5.87. The highest BCUT2D eigenvalue weighted by Crippen LogP contribution is 2.27. The van der Waals surface area contributed by atoms with E-state index in [1.807, 2.05) is 26.0 Å². The summed E-state index contributed by atoms with van der Waals surface area (Å²) in [5, 5.41) is 11.4. The molecule has 0 bridgehead atoms. The summed E-state index contributed by atoms with van der Waals surface area (Å²) >= 11 is 0. The molecule has 2 aromatic rings. The Bertz CT molecular complexity index is 613. The Morgan fingerprint density at radius 2 is 1.96 bits per heavy atom. The summed E-state index contributed by atoms with van der Waals surface area (Å²) in [6, 6.07) is 4.23. The maximum absolute atomic E-state index is 5.77. The van der Waals surface area contributed by atoms with Gasteiger partial charge in [-0.2, -0.15) is 5.10 Å². The third kappa shape index (κ3) is 4.06. The van der Waals surface area contributed by atoms with Crippen molar-refractivity contribution in [2.24, 2.45) is 0 Å². The Balaban J connectivity index is 1.61. The van der Waals surface area contributed by atoms with Crippen molar-refractivity contribution >= 4 is 11.6 Å². The molecule has 0 spiro atoms. The molecular weight excluding hydrogens is 292 g/mol. The molecule has 23 heavy (non-hydrogen) atoms. The van der Waals surface area contributed by atoms with Crippen LogP contribution in [0.15, 0.2) is 30.7 Å². The van der Waals surface area contributed by atoms with Crippen LogP contribution >= 0.6 is 0 Å². The highest BCUT2D eigenvalue weighted by atomic mass is 16.5. The van der Waals surface area contributed by atoms with Crippen LogP contribution in [0.4, 0.5) is 11.6 Å². The predicted molar refractivity (Wildman–Crippen MR) is 88.7 cm³/mol. The molecule has 1 N–H and O–H groups in total. The zero-order valence-electron chi connectivity index (χ0n) is 13.5. The average molecular weight is 314 g/mol. The number of rotatable bonds is 5. The van der Waals surface area contributed by atoms with Gasteiger partial charge in [-0.05, 0) is 38.8 Å². The van der Waals surface area contributed by atoms with Crippen LogP contribution in [0, 0.1) is 0 Å². The summed E-state index contributed by atoms with van der Waals surface area (Å²) in [6.45, 7) is 5.81. The molecule has 0 amide bonds. The lowest BCUT2D eigenvalue weighted by molar-refractivity contribution is 0.231. The zero-order chi connectivity index (χ0) is 16.1. The van der Waals surface area contributed by atoms with Crippen molar-refractivity contribution in [3.05, 3.63) is 30.7 Å². The maximum Gasteiger partial charge on any atom is 0.257 e. The Hall–Kier alpha value is -2.44. The van der Waals surface area contributed by atoms with Gasteiger partial charge >= 0.3 is 0 Å². The van der Waals surface area contributed by atoms with Gasteiger partial charge in [0.15, 0.2) is 5.82 Å². The van der Waals surface area contributed by atoms with Crippen molar-refractivity contribution in [1.29, 1.82) is 0 Å². The normalized spacial score (nSPS) is 15.7. The number of aromatic nitrogens is 4. The fourth-order valence-electron chi connectivity index (χ4n) is 2.66. The van der Waals surface area contributed by atoms with Gasteiger partial charge in [0, 0.05) is 37.7 Å². The largest absolute Gasteiger partial charge is 0.472 e. The molecule has 7 heteroatoms. The topological polar surface area (TPSA) is 76.1 Å². The van der Waals surface area contributed by atoms with Crippen molar-refractivity contribution < 1.29 is 4.74 Å². The molecule has 0 radical (unpaired) electrons. The third-order valence-corrected chi connectivity index (χ3v) is 3.71. The Kier molecular flexibility index (Phi) is 4.85. The van der Waals surface area contributed by atoms with Gasteiger partial charge in [-0.25, -0.2) is 9.97 Å². The highest BCUT2D eigenvalue weighted by Gasteiger charge is 2.23. The quantitative estimate of drug-likeness (QED) is 0.906. The van der Waals surface area contributed by atoms with Gasteiger partial charge in [0.1, 0.15) is 5.82 Å². The molecule has 1 saturated heterocycles. The first-order valence-electron chi connectivity index (χ1n) is 7.99. The monoisotopic (exact) mass is 314 g/mol. The number of ether oxygens (including phenoxy) is 1. The van der Waals surface area contributed by atoms with Crippen molar-refractivity contribution in [3.63, 3.8) is 0 Å². The molecule has 1 aliphatic rings. The van der Waals surface area contributed by atoms with E-state index in [9.17, 15) is 0 Å². The van der Waals surface area contributed by atoms with Gasteiger partial charge in [-0.3, -0.25) is 0 Å². The molecule has 0 atom stereocenters. The maximum atomic E-state index is 5.77. The van der Waals surface area contributed by atoms with E-state index < -0.39 is 0 Å². The summed E-state index contributed by atoms with van der Waals surface area (Å²) in [4.78, 5) is 11.0. The van der Waals surface area contributed by atoms with Crippen molar-refractivity contribution in [2.45, 2.75) is 38.8 Å². The lowest BCUT2D eigenvalue weighted by Gasteiger charge is -2.33. The van der Waals surface area contributed by atoms with Crippen LogP contribution in [-0.2, 0) is 0 Å². The fraction of sp³-hybridized carbons (Fsp3) is 0.500. The second-order valence-electron chi connectivity index (χ2n) is 5.87. The fourth-order valence-corrected chi connectivity index (χ4v) is 2.66. The molecule has 0 aromatic carbocycles. The standard InChI is InChI=1S/C16H22N6O/c1-12(2)23-16-15(17-8-9-18-16)22-10-5-13(6-11-22)20-14-4-3-7-19-21-14/h3-4,7-9,12-13H,5-6,10-11H2,1-2H3,(H,20,21). The van der Waals surface area contributed by atoms with Crippen LogP contribution in [0.1, 0.15) is 26.7 Å². The first-order chi connectivity index (χ1) is 11.2. The second kappa shape index (κ2) is 7.21. The molecular formula is C16H22N6O. The average Bonchev–Trinajstić information content (AvgIpc) is 2.57. The van der Waals surface area contributed by atoms with Gasteiger partial charge in [-0.1, -0.05) is 0 Å². The van der Waals surface area contributed by atoms with Gasteiger partial charge in [0.2, 0.25) is 0 Å². The van der Waals surface area contributed by atoms with E-state index in [-0.39, 0.29) is 6.10 Å². The van der Waals surface area contributed by atoms with E-state index in [2.05, 4.69) is 30.4 Å². The van der Waals surface area contributed by atoms with E-state index in [4.69, 9.17) is 4.74 Å². The van der Waals surface area contributed by atoms with Crippen molar-refractivity contribution in [3.8, 4) is 5.88 Å². The molecule has 1 aliphatic heterocycles. The van der Waals surface area contributed by atoms with Crippen LogP contribution in [0.2, 0.25) is 0 Å². The van der Waals surface area contributed by atoms with Crippen LogP contribution in [0.25, 0.3) is 0 Å². The van der Waals surface area contributed by atoms with E-state index in [1.165, 1.54) is 0 Å². The first-order valence-corrected chi connectivity index (χ1v) is 7.99. The van der Waals surface area contributed by atoms with Gasteiger partial charge < -0.3 is 15.0 Å². The number of nitrogens with zero attached hydrogens (tertiary/aromatic N) is 5. The van der Waals surface area contributed by atoms with Gasteiger partial charge in [0.05, 0.1) is 6.10 Å². The molecule has 2 aromatic heterocycles. The Morgan fingerprint density at radius 3 is 2.65 bits per heavy atom. The molecule has 7 nitrogen and oxygen atoms in total. The first kappa shape index (κ1) is 15.5. The van der Waals surface area contributed by atoms with Crippen LogP contribution in [0.3, 0.4) is 0 Å². The zero-order valence-corrected chi connectivity index (χ0v) is 13.5. The summed E-state index contributed by atoms with van der Waals surface area (Å²) in [5.41, 5.74) is 0. The molecule has 3 heterocycles. The number of hydrogen-bond acceptors (Lipinski definition) is 7. The SMILES string of the molecule is CC(C)Oc1nccnc1N1CCC(Nc2cccnn2)CC1. The molecule has 0 saturated carbocycles. The summed E-state index contributed by atoms with van der Waals surface area (Å²) in [6.07, 6.45) is 7.16. The minimum absolute atomic E-state index is 0.0845. The predicted octanol–water partition coefficient (Wildman–Crippen LogP) is 2.13. The Morgan fingerprint density at radius 1 is 1.17 bits per heavy atom. The Labute approximate surface area is 136 Å². The minimum Gasteiger partial charge on any atom is -0.472 e. The van der Waals surface area contributed by atoms with E-state index >= 15 is 0 Å².